The molecule has 0 aromatic heterocycles. The number of amides is 1. The molecule has 0 saturated carbocycles. The lowest BCUT2D eigenvalue weighted by Crippen LogP contribution is -2.48. The molecule has 2 atom stereocenters. The van der Waals surface area contributed by atoms with Crippen molar-refractivity contribution in [1.29, 1.82) is 0 Å². The van der Waals surface area contributed by atoms with E-state index in [1.165, 1.54) is 6.42 Å². The van der Waals surface area contributed by atoms with Crippen molar-refractivity contribution in [3.8, 4) is 0 Å². The predicted molar refractivity (Wildman–Crippen MR) is 51.4 cm³/mol. The van der Waals surface area contributed by atoms with Gasteiger partial charge in [0.05, 0.1) is 0 Å². The summed E-state index contributed by atoms with van der Waals surface area (Å²) in [5.41, 5.74) is 0. The van der Waals surface area contributed by atoms with E-state index >= 15 is 0 Å². The van der Waals surface area contributed by atoms with Gasteiger partial charge in [-0.3, -0.25) is 9.69 Å². The van der Waals surface area contributed by atoms with Crippen LogP contribution in [0.5, 0.6) is 0 Å². The molecule has 74 valence electrons. The van der Waals surface area contributed by atoms with E-state index in [4.69, 9.17) is 0 Å². The number of rotatable bonds is 2. The van der Waals surface area contributed by atoms with Gasteiger partial charge in [0.1, 0.15) is 0 Å². The number of carbonyl (C=O) groups excluding carboxylic acids is 1. The Bertz CT molecular complexity index is 217. The number of likely N-dealkylation sites (tertiary alicyclic amines) is 2. The highest BCUT2D eigenvalue weighted by Gasteiger charge is 2.43. The first-order valence-electron chi connectivity index (χ1n) is 5.29. The molecule has 2 fully saturated rings. The maximum Gasteiger partial charge on any atom is 0.222 e. The predicted octanol–water partition coefficient (Wildman–Crippen LogP) is 0.701. The summed E-state index contributed by atoms with van der Waals surface area (Å²) in [5, 5.41) is 0. The van der Waals surface area contributed by atoms with Crippen LogP contribution in [0.4, 0.5) is 0 Å². The molecule has 2 saturated heterocycles. The molecule has 3 nitrogen and oxygen atoms in total. The van der Waals surface area contributed by atoms with Gasteiger partial charge in [-0.15, -0.1) is 0 Å². The third-order valence-electron chi connectivity index (χ3n) is 3.38. The molecule has 13 heavy (non-hydrogen) atoms. The Morgan fingerprint density at radius 3 is 2.54 bits per heavy atom. The molecule has 0 spiro atoms. The maximum atomic E-state index is 11.5. The second-order valence-electron chi connectivity index (χ2n) is 4.03. The molecule has 2 rings (SSSR count). The van der Waals surface area contributed by atoms with Crippen LogP contribution >= 0.6 is 0 Å². The number of fused-ring (bicyclic) bond motifs is 2. The highest BCUT2D eigenvalue weighted by Crippen LogP contribution is 2.30. The van der Waals surface area contributed by atoms with Crippen LogP contribution in [0.15, 0.2) is 0 Å². The summed E-state index contributed by atoms with van der Waals surface area (Å²) >= 11 is 0. The van der Waals surface area contributed by atoms with Crippen molar-refractivity contribution in [2.75, 3.05) is 19.6 Å². The van der Waals surface area contributed by atoms with Crippen LogP contribution in [0.3, 0.4) is 0 Å². The van der Waals surface area contributed by atoms with Crippen molar-refractivity contribution in [3.63, 3.8) is 0 Å². The SMILES string of the molecule is CCC(=O)N1CC2CC1CN2CC. The Kier molecular flexibility index (Phi) is 2.28. The quantitative estimate of drug-likeness (QED) is 0.627. The van der Waals surface area contributed by atoms with Crippen LogP contribution in [0.1, 0.15) is 26.7 Å². The lowest BCUT2D eigenvalue weighted by molar-refractivity contribution is -0.133. The molecule has 2 bridgehead atoms. The zero-order valence-electron chi connectivity index (χ0n) is 8.49. The van der Waals surface area contributed by atoms with E-state index < -0.39 is 0 Å². The monoisotopic (exact) mass is 182 g/mol. The lowest BCUT2D eigenvalue weighted by Gasteiger charge is -2.33. The third kappa shape index (κ3) is 1.35. The smallest absolute Gasteiger partial charge is 0.222 e. The number of carbonyl (C=O) groups is 1. The van der Waals surface area contributed by atoms with Crippen molar-refractivity contribution >= 4 is 5.91 Å². The molecule has 0 aromatic carbocycles. The number of nitrogens with zero attached hydrogens (tertiary/aromatic N) is 2. The van der Waals surface area contributed by atoms with Crippen LogP contribution in [0.25, 0.3) is 0 Å². The van der Waals surface area contributed by atoms with Crippen LogP contribution in [0, 0.1) is 0 Å². The van der Waals surface area contributed by atoms with E-state index in [0.717, 1.165) is 19.6 Å². The topological polar surface area (TPSA) is 23.6 Å². The van der Waals surface area contributed by atoms with Gasteiger partial charge in [-0.25, -0.2) is 0 Å². The normalized spacial score (nSPS) is 32.9. The van der Waals surface area contributed by atoms with Crippen molar-refractivity contribution in [2.45, 2.75) is 38.8 Å². The zero-order chi connectivity index (χ0) is 9.42. The highest BCUT2D eigenvalue weighted by atomic mass is 16.2. The maximum absolute atomic E-state index is 11.5. The minimum atomic E-state index is 0.336. The molecule has 2 unspecified atom stereocenters. The third-order valence-corrected chi connectivity index (χ3v) is 3.38. The van der Waals surface area contributed by atoms with Crippen molar-refractivity contribution in [1.82, 2.24) is 9.80 Å². The van der Waals surface area contributed by atoms with Crippen molar-refractivity contribution in [3.05, 3.63) is 0 Å². The number of hydrogen-bond acceptors (Lipinski definition) is 2. The molecule has 1 amide bonds. The average molecular weight is 182 g/mol. The fourth-order valence-electron chi connectivity index (χ4n) is 2.65. The Balaban J connectivity index is 1.99. The highest BCUT2D eigenvalue weighted by molar-refractivity contribution is 5.76. The Morgan fingerprint density at radius 2 is 2.08 bits per heavy atom. The molecule has 0 aromatic rings. The van der Waals surface area contributed by atoms with Gasteiger partial charge in [0, 0.05) is 31.6 Å². The van der Waals surface area contributed by atoms with E-state index in [0.29, 0.717) is 24.4 Å². The van der Waals surface area contributed by atoms with Gasteiger partial charge in [0.15, 0.2) is 0 Å². The fourth-order valence-corrected chi connectivity index (χ4v) is 2.65. The molecule has 2 aliphatic rings. The second kappa shape index (κ2) is 3.29. The van der Waals surface area contributed by atoms with Gasteiger partial charge in [-0.2, -0.15) is 0 Å². The van der Waals surface area contributed by atoms with Crippen LogP contribution < -0.4 is 0 Å². The van der Waals surface area contributed by atoms with Gasteiger partial charge in [-0.05, 0) is 13.0 Å². The molecule has 3 heteroatoms. The van der Waals surface area contributed by atoms with Gasteiger partial charge in [-0.1, -0.05) is 13.8 Å². The fraction of sp³-hybridized carbons (Fsp3) is 0.900. The van der Waals surface area contributed by atoms with Crippen LogP contribution in [-0.4, -0.2) is 47.4 Å². The molecule has 2 aliphatic heterocycles. The van der Waals surface area contributed by atoms with Crippen molar-refractivity contribution < 1.29 is 4.79 Å². The standard InChI is InChI=1S/C10H18N2O/c1-3-10(13)12-7-8-5-9(12)6-11(8)4-2/h8-9H,3-7H2,1-2H3. The second-order valence-corrected chi connectivity index (χ2v) is 4.03. The van der Waals surface area contributed by atoms with Gasteiger partial charge in [0.25, 0.3) is 0 Å². The van der Waals surface area contributed by atoms with E-state index in [1.54, 1.807) is 0 Å². The number of likely N-dealkylation sites (N-methyl/N-ethyl adjacent to an activating group) is 1. The Labute approximate surface area is 79.7 Å². The molecular weight excluding hydrogens is 164 g/mol. The summed E-state index contributed by atoms with van der Waals surface area (Å²) in [7, 11) is 0. The lowest BCUT2D eigenvalue weighted by atomic mass is 10.2. The molecule has 2 heterocycles. The molecule has 0 aliphatic carbocycles. The van der Waals surface area contributed by atoms with Crippen LogP contribution in [-0.2, 0) is 4.79 Å². The van der Waals surface area contributed by atoms with E-state index in [2.05, 4.69) is 16.7 Å². The molecule has 0 N–H and O–H groups in total. The summed E-state index contributed by atoms with van der Waals surface area (Å²) in [5.74, 6) is 0.336. The van der Waals surface area contributed by atoms with Gasteiger partial charge >= 0.3 is 0 Å². The van der Waals surface area contributed by atoms with E-state index in [9.17, 15) is 4.79 Å². The average Bonchev–Trinajstić information content (AvgIpc) is 2.74. The van der Waals surface area contributed by atoms with E-state index in [1.807, 2.05) is 6.92 Å². The number of hydrogen-bond donors (Lipinski definition) is 0. The zero-order valence-corrected chi connectivity index (χ0v) is 8.49. The Morgan fingerprint density at radius 1 is 1.31 bits per heavy atom. The molecular formula is C10H18N2O. The van der Waals surface area contributed by atoms with E-state index in [-0.39, 0.29) is 0 Å². The van der Waals surface area contributed by atoms with Crippen molar-refractivity contribution in [2.24, 2.45) is 0 Å². The minimum absolute atomic E-state index is 0.336. The summed E-state index contributed by atoms with van der Waals surface area (Å²) in [6.07, 6.45) is 1.87. The largest absolute Gasteiger partial charge is 0.337 e. The Hall–Kier alpha value is -0.570. The van der Waals surface area contributed by atoms with Crippen LogP contribution in [0.2, 0.25) is 0 Å². The first kappa shape index (κ1) is 9.00. The summed E-state index contributed by atoms with van der Waals surface area (Å²) in [6, 6.07) is 1.18. The first-order valence-corrected chi connectivity index (χ1v) is 5.29. The number of piperazine rings is 1. The molecule has 0 radical (unpaired) electrons. The van der Waals surface area contributed by atoms with Gasteiger partial charge < -0.3 is 4.90 Å². The van der Waals surface area contributed by atoms with Gasteiger partial charge in [0.2, 0.25) is 5.91 Å². The first-order chi connectivity index (χ1) is 6.26. The summed E-state index contributed by atoms with van der Waals surface area (Å²) in [4.78, 5) is 16.1. The summed E-state index contributed by atoms with van der Waals surface area (Å²) < 4.78 is 0. The summed E-state index contributed by atoms with van der Waals surface area (Å²) in [6.45, 7) is 7.37. The minimum Gasteiger partial charge on any atom is -0.337 e.